The van der Waals surface area contributed by atoms with Gasteiger partial charge in [0.05, 0.1) is 34.1 Å². The van der Waals surface area contributed by atoms with Crippen molar-refractivity contribution in [2.24, 2.45) is 0 Å². The minimum absolute atomic E-state index is 0.00173. The monoisotopic (exact) mass is 665 g/mol. The number of anilines is 2. The number of aliphatic hydroxyl groups excluding tert-OH is 2. The van der Waals surface area contributed by atoms with Crippen LogP contribution in [0.4, 0.5) is 11.5 Å². The molecule has 2 aromatic rings. The van der Waals surface area contributed by atoms with Crippen LogP contribution in [0.2, 0.25) is 0 Å². The first kappa shape index (κ1) is 32.4. The zero-order valence-electron chi connectivity index (χ0n) is 25.8. The van der Waals surface area contributed by atoms with E-state index in [9.17, 15) is 27.0 Å². The van der Waals surface area contributed by atoms with Crippen molar-refractivity contribution in [1.29, 1.82) is 0 Å². The molecule has 13 nitrogen and oxygen atoms in total. The second kappa shape index (κ2) is 12.2. The van der Waals surface area contributed by atoms with E-state index in [1.807, 2.05) is 23.9 Å². The van der Waals surface area contributed by atoms with Gasteiger partial charge in [0.15, 0.2) is 15.7 Å². The molecule has 248 valence electrons. The molecule has 1 saturated carbocycles. The molecular formula is C30H43N5O8S2. The molecule has 3 aliphatic heterocycles. The molecular weight excluding hydrogens is 622 g/mol. The van der Waals surface area contributed by atoms with E-state index in [-0.39, 0.29) is 29.0 Å². The number of benzene rings is 1. The summed E-state index contributed by atoms with van der Waals surface area (Å²) >= 11 is 0. The van der Waals surface area contributed by atoms with Gasteiger partial charge in [0.25, 0.3) is 0 Å². The molecule has 15 heteroatoms. The lowest BCUT2D eigenvalue weighted by Gasteiger charge is -2.38. The molecule has 2 saturated heterocycles. The van der Waals surface area contributed by atoms with Crippen molar-refractivity contribution in [3.05, 3.63) is 36.5 Å². The van der Waals surface area contributed by atoms with Gasteiger partial charge in [0.1, 0.15) is 23.4 Å². The molecule has 1 unspecified atom stereocenters. The van der Waals surface area contributed by atoms with Crippen molar-refractivity contribution >= 4 is 31.4 Å². The summed E-state index contributed by atoms with van der Waals surface area (Å²) in [5.74, 6) is 1.11. The van der Waals surface area contributed by atoms with Crippen LogP contribution in [-0.2, 0) is 24.6 Å². The third kappa shape index (κ3) is 6.27. The van der Waals surface area contributed by atoms with E-state index in [0.717, 1.165) is 24.6 Å². The van der Waals surface area contributed by atoms with E-state index in [1.54, 1.807) is 18.2 Å². The maximum atomic E-state index is 13.5. The number of nitrogens with zero attached hydrogens (tertiary/aromatic N) is 4. The fourth-order valence-corrected chi connectivity index (χ4v) is 9.71. The first-order valence-electron chi connectivity index (χ1n) is 15.4. The summed E-state index contributed by atoms with van der Waals surface area (Å²) in [5.41, 5.74) is 0.395. The van der Waals surface area contributed by atoms with Gasteiger partial charge in [0, 0.05) is 59.1 Å². The van der Waals surface area contributed by atoms with Gasteiger partial charge in [-0.25, -0.2) is 21.8 Å². The van der Waals surface area contributed by atoms with E-state index in [1.165, 1.54) is 22.6 Å². The number of rotatable bonds is 11. The number of ether oxygens (including phenoxy) is 2. The van der Waals surface area contributed by atoms with Crippen molar-refractivity contribution in [2.75, 3.05) is 76.4 Å². The molecule has 45 heavy (non-hydrogen) atoms. The Morgan fingerprint density at radius 1 is 1.04 bits per heavy atom. The van der Waals surface area contributed by atoms with E-state index in [2.05, 4.69) is 10.3 Å². The molecule has 2 atom stereocenters. The third-order valence-corrected chi connectivity index (χ3v) is 14.1. The van der Waals surface area contributed by atoms with Gasteiger partial charge in [-0.3, -0.25) is 0 Å². The SMILES string of the molecule is CN1CCN(C)c2ncc(S(=O)(=O)N3CCC4(CC3)C[C@@H](NCC(O)COc3cccc(S(=O)(=O)C5(CO)CC5)c3)CO4)cc21. The van der Waals surface area contributed by atoms with Crippen molar-refractivity contribution in [1.82, 2.24) is 14.6 Å². The van der Waals surface area contributed by atoms with E-state index in [0.29, 0.717) is 57.6 Å². The molecule has 1 aromatic carbocycles. The highest BCUT2D eigenvalue weighted by Crippen LogP contribution is 2.46. The number of aliphatic hydroxyl groups is 2. The summed E-state index contributed by atoms with van der Waals surface area (Å²) in [6, 6.07) is 7.88. The average molecular weight is 666 g/mol. The first-order chi connectivity index (χ1) is 21.4. The Morgan fingerprint density at radius 2 is 1.78 bits per heavy atom. The molecule has 1 spiro atoms. The lowest BCUT2D eigenvalue weighted by Crippen LogP contribution is -2.47. The first-order valence-corrected chi connectivity index (χ1v) is 18.4. The number of hydrogen-bond acceptors (Lipinski definition) is 12. The fraction of sp³-hybridized carbons (Fsp3) is 0.633. The van der Waals surface area contributed by atoms with Crippen LogP contribution in [0.15, 0.2) is 46.3 Å². The number of pyridine rings is 1. The number of likely N-dealkylation sites (N-methyl/N-ethyl adjacent to an activating group) is 2. The third-order valence-electron chi connectivity index (χ3n) is 9.71. The number of hydrogen-bond donors (Lipinski definition) is 3. The van der Waals surface area contributed by atoms with Crippen LogP contribution < -0.4 is 19.9 Å². The molecule has 0 bridgehead atoms. The van der Waals surface area contributed by atoms with Crippen molar-refractivity contribution < 1.29 is 36.5 Å². The predicted octanol–water partition coefficient (Wildman–Crippen LogP) is 0.608. The van der Waals surface area contributed by atoms with Gasteiger partial charge in [-0.05, 0) is 56.4 Å². The van der Waals surface area contributed by atoms with Gasteiger partial charge < -0.3 is 34.8 Å². The quantitative estimate of drug-likeness (QED) is 0.307. The number of nitrogens with one attached hydrogen (secondary N) is 1. The Morgan fingerprint density at radius 3 is 2.49 bits per heavy atom. The van der Waals surface area contributed by atoms with Gasteiger partial charge in [-0.1, -0.05) is 6.07 Å². The minimum atomic E-state index is -3.70. The van der Waals surface area contributed by atoms with Gasteiger partial charge in [-0.2, -0.15) is 4.31 Å². The second-order valence-electron chi connectivity index (χ2n) is 12.8. The van der Waals surface area contributed by atoms with E-state index in [4.69, 9.17) is 9.47 Å². The number of fused-ring (bicyclic) bond motifs is 1. The van der Waals surface area contributed by atoms with Crippen LogP contribution in [0.5, 0.6) is 5.75 Å². The Bertz CT molecular complexity index is 1610. The Balaban J connectivity index is 0.974. The number of sulfone groups is 1. The maximum Gasteiger partial charge on any atom is 0.244 e. The molecule has 0 amide bonds. The fourth-order valence-electron chi connectivity index (χ4n) is 6.46. The number of piperidine rings is 1. The van der Waals surface area contributed by atoms with Gasteiger partial charge in [-0.15, -0.1) is 0 Å². The predicted molar refractivity (Wildman–Crippen MR) is 168 cm³/mol. The minimum Gasteiger partial charge on any atom is -0.491 e. The standard InChI is InChI=1S/C30H43N5O8S2/c1-33-12-13-34(2)28-27(33)15-26(18-32-28)45(40,41)35-10-8-29(9-11-35)16-22(19-43-29)31-17-23(37)20-42-24-4-3-5-25(14-24)44(38,39)30(21-36)6-7-30/h3-5,14-15,18,22-23,31,36-37H,6-13,16-17,19-21H2,1-2H3/t22-,23?/m1/s1. The van der Waals surface area contributed by atoms with Crippen molar-refractivity contribution in [3.8, 4) is 5.75 Å². The average Bonchev–Trinajstić information content (AvgIpc) is 3.77. The second-order valence-corrected chi connectivity index (χ2v) is 17.1. The van der Waals surface area contributed by atoms with Crippen LogP contribution in [0, 0.1) is 0 Å². The molecule has 1 aromatic heterocycles. The maximum absolute atomic E-state index is 13.5. The summed E-state index contributed by atoms with van der Waals surface area (Å²) in [7, 11) is -3.47. The molecule has 3 N–H and O–H groups in total. The zero-order chi connectivity index (χ0) is 32.0. The molecule has 4 heterocycles. The normalized spacial score (nSPS) is 23.6. The van der Waals surface area contributed by atoms with E-state index >= 15 is 0 Å². The Hall–Kier alpha value is -2.53. The highest BCUT2D eigenvalue weighted by atomic mass is 32.2. The topological polar surface area (TPSA) is 162 Å². The van der Waals surface area contributed by atoms with E-state index < -0.39 is 42.9 Å². The Labute approximate surface area is 265 Å². The number of sulfonamides is 1. The zero-order valence-corrected chi connectivity index (χ0v) is 27.4. The van der Waals surface area contributed by atoms with Crippen LogP contribution >= 0.6 is 0 Å². The summed E-state index contributed by atoms with van der Waals surface area (Å²) < 4.78 is 65.2. The van der Waals surface area contributed by atoms with Crippen molar-refractivity contribution in [2.45, 2.75) is 64.4 Å². The van der Waals surface area contributed by atoms with Gasteiger partial charge in [0.2, 0.25) is 10.0 Å². The van der Waals surface area contributed by atoms with Crippen LogP contribution in [-0.4, -0.2) is 125 Å². The molecule has 4 aliphatic rings. The summed E-state index contributed by atoms with van der Waals surface area (Å²) in [5, 5.41) is 23.5. The lowest BCUT2D eigenvalue weighted by atomic mass is 9.88. The van der Waals surface area contributed by atoms with Crippen LogP contribution in [0.25, 0.3) is 0 Å². The highest BCUT2D eigenvalue weighted by Gasteiger charge is 2.54. The van der Waals surface area contributed by atoms with Gasteiger partial charge >= 0.3 is 0 Å². The molecule has 6 rings (SSSR count). The summed E-state index contributed by atoms with van der Waals surface area (Å²) in [4.78, 5) is 8.83. The summed E-state index contributed by atoms with van der Waals surface area (Å²) in [6.45, 7) is 2.61. The molecule has 3 fully saturated rings. The highest BCUT2D eigenvalue weighted by molar-refractivity contribution is 7.93. The van der Waals surface area contributed by atoms with Crippen LogP contribution in [0.1, 0.15) is 32.1 Å². The van der Waals surface area contributed by atoms with Crippen LogP contribution in [0.3, 0.4) is 0 Å². The lowest BCUT2D eigenvalue weighted by molar-refractivity contribution is -0.0312. The Kier molecular flexibility index (Phi) is 8.82. The molecule has 1 aliphatic carbocycles. The summed E-state index contributed by atoms with van der Waals surface area (Å²) in [6.07, 6.45) is 3.35. The smallest absolute Gasteiger partial charge is 0.244 e. The van der Waals surface area contributed by atoms with Crippen molar-refractivity contribution in [3.63, 3.8) is 0 Å². The molecule has 0 radical (unpaired) electrons. The number of aromatic nitrogens is 1. The largest absolute Gasteiger partial charge is 0.491 e.